The van der Waals surface area contributed by atoms with Gasteiger partial charge in [-0.25, -0.2) is 14.0 Å². The Morgan fingerprint density at radius 2 is 1.54 bits per heavy atom. The highest BCUT2D eigenvalue weighted by Crippen LogP contribution is 2.44. The summed E-state index contributed by atoms with van der Waals surface area (Å²) in [4.78, 5) is 25.8. The van der Waals surface area contributed by atoms with Crippen LogP contribution < -0.4 is 10.1 Å². The summed E-state index contributed by atoms with van der Waals surface area (Å²) in [5.74, 6) is -3.13. The first-order chi connectivity index (χ1) is 19.3. The van der Waals surface area contributed by atoms with Crippen LogP contribution in [0.3, 0.4) is 0 Å². The first-order valence-corrected chi connectivity index (χ1v) is 13.1. The van der Waals surface area contributed by atoms with Crippen LogP contribution in [0.25, 0.3) is 11.1 Å². The molecule has 3 aromatic rings. The first kappa shape index (κ1) is 29.9. The molecule has 0 fully saturated rings. The van der Waals surface area contributed by atoms with E-state index in [0.29, 0.717) is 0 Å². The van der Waals surface area contributed by atoms with E-state index in [1.165, 1.54) is 0 Å². The standard InChI is InChI=1S/C31H31F4NO5/c1-30(2,3)41-28(37)25(14-13-18-15-24(32)27(31(33,34)35)26(16-18)39-4)36-29(38)40-17-23-21-11-7-5-9-19(21)20-10-6-8-12-22(20)23/h5-12,15-16,23,25H,13-14,17H2,1-4H3,(H,36,38)/t25-/m0/s1. The van der Waals surface area contributed by atoms with E-state index in [0.717, 1.165) is 41.5 Å². The Kier molecular flexibility index (Phi) is 8.60. The minimum absolute atomic E-state index is 0.0161. The molecule has 41 heavy (non-hydrogen) atoms. The number of methoxy groups -OCH3 is 1. The highest BCUT2D eigenvalue weighted by atomic mass is 19.4. The summed E-state index contributed by atoms with van der Waals surface area (Å²) in [6, 6.07) is 16.3. The van der Waals surface area contributed by atoms with E-state index in [1.807, 2.05) is 48.5 Å². The number of halogens is 4. The molecule has 0 bridgehead atoms. The van der Waals surface area contributed by atoms with E-state index in [-0.39, 0.29) is 30.9 Å². The summed E-state index contributed by atoms with van der Waals surface area (Å²) in [7, 11) is 1.01. The van der Waals surface area contributed by atoms with Crippen LogP contribution in [-0.2, 0) is 26.9 Å². The number of aryl methyl sites for hydroxylation is 1. The molecule has 0 aromatic heterocycles. The Labute approximate surface area is 235 Å². The second-order valence-electron chi connectivity index (χ2n) is 10.7. The van der Waals surface area contributed by atoms with Crippen LogP contribution in [0.15, 0.2) is 60.7 Å². The lowest BCUT2D eigenvalue weighted by atomic mass is 9.98. The predicted molar refractivity (Wildman–Crippen MR) is 144 cm³/mol. The number of esters is 1. The summed E-state index contributed by atoms with van der Waals surface area (Å²) < 4.78 is 69.9. The van der Waals surface area contributed by atoms with Gasteiger partial charge in [-0.15, -0.1) is 0 Å². The quantitative estimate of drug-likeness (QED) is 0.231. The van der Waals surface area contributed by atoms with Gasteiger partial charge >= 0.3 is 18.2 Å². The number of amides is 1. The van der Waals surface area contributed by atoms with Crippen LogP contribution in [-0.4, -0.2) is 37.4 Å². The number of alkyl carbamates (subject to hydrolysis) is 1. The predicted octanol–water partition coefficient (Wildman–Crippen LogP) is 7.03. The van der Waals surface area contributed by atoms with Gasteiger partial charge in [-0.1, -0.05) is 48.5 Å². The fourth-order valence-electron chi connectivity index (χ4n) is 4.93. The number of carbonyl (C=O) groups excluding carboxylic acids is 2. The van der Waals surface area contributed by atoms with Crippen molar-refractivity contribution >= 4 is 12.1 Å². The zero-order valence-electron chi connectivity index (χ0n) is 23.1. The molecular formula is C31H31F4NO5. The smallest absolute Gasteiger partial charge is 0.422 e. The number of ether oxygens (including phenoxy) is 3. The highest BCUT2D eigenvalue weighted by molar-refractivity contribution is 5.82. The monoisotopic (exact) mass is 573 g/mol. The van der Waals surface area contributed by atoms with Crippen LogP contribution in [0.1, 0.15) is 55.4 Å². The van der Waals surface area contributed by atoms with E-state index in [9.17, 15) is 27.2 Å². The number of hydrogen-bond acceptors (Lipinski definition) is 5. The third-order valence-corrected chi connectivity index (χ3v) is 6.67. The van der Waals surface area contributed by atoms with Crippen molar-refractivity contribution in [2.45, 2.75) is 57.3 Å². The third-order valence-electron chi connectivity index (χ3n) is 6.67. The third kappa shape index (κ3) is 6.99. The zero-order chi connectivity index (χ0) is 29.9. The summed E-state index contributed by atoms with van der Waals surface area (Å²) >= 11 is 0. The molecule has 0 radical (unpaired) electrons. The van der Waals surface area contributed by atoms with Crippen LogP contribution >= 0.6 is 0 Å². The van der Waals surface area contributed by atoms with Crippen molar-refractivity contribution in [3.8, 4) is 16.9 Å². The molecule has 0 heterocycles. The maximum Gasteiger partial charge on any atom is 0.422 e. The second kappa shape index (κ2) is 11.8. The average molecular weight is 574 g/mol. The molecule has 218 valence electrons. The van der Waals surface area contributed by atoms with E-state index in [2.05, 4.69) is 5.32 Å². The van der Waals surface area contributed by atoms with Gasteiger partial charge in [-0.05, 0) is 73.6 Å². The van der Waals surface area contributed by atoms with E-state index in [4.69, 9.17) is 14.2 Å². The fraction of sp³-hybridized carbons (Fsp3) is 0.355. The lowest BCUT2D eigenvalue weighted by molar-refractivity contribution is -0.157. The van der Waals surface area contributed by atoms with Gasteiger partial charge in [0, 0.05) is 5.92 Å². The molecule has 1 amide bonds. The van der Waals surface area contributed by atoms with E-state index < -0.39 is 47.0 Å². The molecule has 0 unspecified atom stereocenters. The van der Waals surface area contributed by atoms with Crippen molar-refractivity contribution in [2.24, 2.45) is 0 Å². The van der Waals surface area contributed by atoms with Gasteiger partial charge in [0.25, 0.3) is 0 Å². The lowest BCUT2D eigenvalue weighted by Gasteiger charge is -2.25. The molecule has 0 saturated heterocycles. The first-order valence-electron chi connectivity index (χ1n) is 13.1. The number of fused-ring (bicyclic) bond motifs is 3. The Hall–Kier alpha value is -4.08. The van der Waals surface area contributed by atoms with Gasteiger partial charge < -0.3 is 19.5 Å². The Morgan fingerprint density at radius 1 is 0.951 bits per heavy atom. The highest BCUT2D eigenvalue weighted by Gasteiger charge is 2.38. The van der Waals surface area contributed by atoms with Gasteiger partial charge in [0.1, 0.15) is 35.4 Å². The lowest BCUT2D eigenvalue weighted by Crippen LogP contribution is -2.45. The number of carbonyl (C=O) groups is 2. The van der Waals surface area contributed by atoms with E-state index in [1.54, 1.807) is 20.8 Å². The zero-order valence-corrected chi connectivity index (χ0v) is 23.1. The molecular weight excluding hydrogens is 542 g/mol. The van der Waals surface area contributed by atoms with Gasteiger partial charge in [0.2, 0.25) is 0 Å². The molecule has 0 spiro atoms. The van der Waals surface area contributed by atoms with E-state index >= 15 is 0 Å². The van der Waals surface area contributed by atoms with Gasteiger partial charge in [0.15, 0.2) is 0 Å². The molecule has 0 aliphatic heterocycles. The molecule has 1 atom stereocenters. The Morgan fingerprint density at radius 3 is 2.07 bits per heavy atom. The second-order valence-corrected chi connectivity index (χ2v) is 10.7. The Balaban J connectivity index is 1.48. The normalized spacial score (nSPS) is 13.7. The largest absolute Gasteiger partial charge is 0.496 e. The van der Waals surface area contributed by atoms with Gasteiger partial charge in [-0.2, -0.15) is 13.2 Å². The molecule has 3 aromatic carbocycles. The molecule has 6 nitrogen and oxygen atoms in total. The van der Waals surface area contributed by atoms with Gasteiger partial charge in [0.05, 0.1) is 7.11 Å². The van der Waals surface area contributed by atoms with Crippen LogP contribution in [0.5, 0.6) is 5.75 Å². The SMILES string of the molecule is COc1cc(CC[C@H](NC(=O)OCC2c3ccccc3-c3ccccc32)C(=O)OC(C)(C)C)cc(F)c1C(F)(F)F. The summed E-state index contributed by atoms with van der Waals surface area (Å²) in [5.41, 5.74) is 1.92. The maximum atomic E-state index is 14.4. The van der Waals surface area contributed by atoms with Crippen LogP contribution in [0.4, 0.5) is 22.4 Å². The topological polar surface area (TPSA) is 73.9 Å². The fourth-order valence-corrected chi connectivity index (χ4v) is 4.93. The molecule has 4 rings (SSSR count). The number of benzene rings is 3. The minimum Gasteiger partial charge on any atom is -0.496 e. The summed E-state index contributed by atoms with van der Waals surface area (Å²) in [6.07, 6.45) is -5.95. The van der Waals surface area contributed by atoms with Gasteiger partial charge in [-0.3, -0.25) is 0 Å². The number of nitrogens with one attached hydrogen (secondary N) is 1. The molecule has 0 saturated carbocycles. The average Bonchev–Trinajstić information content (AvgIpc) is 3.21. The van der Waals surface area contributed by atoms with Crippen LogP contribution in [0.2, 0.25) is 0 Å². The number of hydrogen-bond donors (Lipinski definition) is 1. The van der Waals surface area contributed by atoms with Crippen molar-refractivity contribution in [3.05, 3.63) is 88.7 Å². The molecule has 1 N–H and O–H groups in total. The van der Waals surface area contributed by atoms with Crippen molar-refractivity contribution in [1.82, 2.24) is 5.32 Å². The van der Waals surface area contributed by atoms with Crippen molar-refractivity contribution in [1.29, 1.82) is 0 Å². The molecule has 10 heteroatoms. The number of rotatable bonds is 8. The van der Waals surface area contributed by atoms with Crippen LogP contribution in [0, 0.1) is 5.82 Å². The van der Waals surface area contributed by atoms with Crippen molar-refractivity contribution in [2.75, 3.05) is 13.7 Å². The minimum atomic E-state index is -4.95. The van der Waals surface area contributed by atoms with Crippen molar-refractivity contribution < 1.29 is 41.4 Å². The summed E-state index contributed by atoms with van der Waals surface area (Å²) in [5, 5.41) is 2.52. The molecule has 1 aliphatic carbocycles. The molecule has 1 aliphatic rings. The maximum absolute atomic E-state index is 14.4. The Bertz CT molecular complexity index is 1390. The van der Waals surface area contributed by atoms with Crippen molar-refractivity contribution in [3.63, 3.8) is 0 Å². The summed E-state index contributed by atoms with van der Waals surface area (Å²) in [6.45, 7) is 4.99. The number of alkyl halides is 3.